The average molecular weight is 201 g/mol. The van der Waals surface area contributed by atoms with Gasteiger partial charge in [-0.3, -0.25) is 0 Å². The minimum Gasteiger partial charge on any atom is -0.493 e. The van der Waals surface area contributed by atoms with Crippen LogP contribution in [0.15, 0.2) is 12.1 Å². The van der Waals surface area contributed by atoms with E-state index in [2.05, 4.69) is 5.32 Å². The predicted molar refractivity (Wildman–Crippen MR) is 50.4 cm³/mol. The van der Waals surface area contributed by atoms with Crippen LogP contribution in [0.1, 0.15) is 18.5 Å². The molecule has 0 aliphatic carbocycles. The second-order valence-electron chi connectivity index (χ2n) is 3.02. The van der Waals surface area contributed by atoms with Crippen LogP contribution in [0, 0.1) is 11.6 Å². The Labute approximate surface area is 81.9 Å². The summed E-state index contributed by atoms with van der Waals surface area (Å²) in [6.45, 7) is 1.80. The summed E-state index contributed by atoms with van der Waals surface area (Å²) >= 11 is 0. The third-order valence-corrected chi connectivity index (χ3v) is 2.14. The summed E-state index contributed by atoms with van der Waals surface area (Å²) in [6.07, 6.45) is 0. The van der Waals surface area contributed by atoms with Gasteiger partial charge >= 0.3 is 0 Å². The lowest BCUT2D eigenvalue weighted by Gasteiger charge is -2.15. The van der Waals surface area contributed by atoms with Crippen molar-refractivity contribution in [2.45, 2.75) is 13.0 Å². The van der Waals surface area contributed by atoms with Crippen molar-refractivity contribution in [2.75, 3.05) is 14.2 Å². The Morgan fingerprint density at radius 2 is 2.00 bits per heavy atom. The molecule has 0 aliphatic heterocycles. The monoisotopic (exact) mass is 201 g/mol. The number of halogens is 2. The van der Waals surface area contributed by atoms with Gasteiger partial charge in [-0.2, -0.15) is 0 Å². The van der Waals surface area contributed by atoms with Crippen LogP contribution in [-0.2, 0) is 0 Å². The normalized spacial score (nSPS) is 12.6. The number of hydrogen-bond donors (Lipinski definition) is 1. The van der Waals surface area contributed by atoms with Gasteiger partial charge in [-0.25, -0.2) is 8.78 Å². The van der Waals surface area contributed by atoms with Crippen LogP contribution < -0.4 is 10.1 Å². The van der Waals surface area contributed by atoms with Crippen LogP contribution in [-0.4, -0.2) is 14.2 Å². The molecule has 0 radical (unpaired) electrons. The summed E-state index contributed by atoms with van der Waals surface area (Å²) in [5.41, 5.74) is 0.479. The van der Waals surface area contributed by atoms with Crippen molar-refractivity contribution in [3.05, 3.63) is 29.3 Å². The maximum atomic E-state index is 13.2. The van der Waals surface area contributed by atoms with Gasteiger partial charge < -0.3 is 10.1 Å². The summed E-state index contributed by atoms with van der Waals surface area (Å²) < 4.78 is 31.0. The minimum atomic E-state index is -0.676. The summed E-state index contributed by atoms with van der Waals surface area (Å²) in [5, 5.41) is 2.90. The van der Waals surface area contributed by atoms with Crippen LogP contribution in [0.2, 0.25) is 0 Å². The Kier molecular flexibility index (Phi) is 3.41. The van der Waals surface area contributed by atoms with Gasteiger partial charge in [0.2, 0.25) is 0 Å². The van der Waals surface area contributed by atoms with Gasteiger partial charge in [0.05, 0.1) is 7.11 Å². The first-order chi connectivity index (χ1) is 6.60. The second kappa shape index (κ2) is 4.37. The number of hydrogen-bond acceptors (Lipinski definition) is 2. The fourth-order valence-electron chi connectivity index (χ4n) is 1.27. The maximum Gasteiger partial charge on any atom is 0.168 e. The van der Waals surface area contributed by atoms with Crippen molar-refractivity contribution in [1.82, 2.24) is 5.32 Å². The lowest BCUT2D eigenvalue weighted by molar-refractivity contribution is 0.373. The van der Waals surface area contributed by atoms with Gasteiger partial charge in [0.1, 0.15) is 5.82 Å². The number of rotatable bonds is 3. The van der Waals surface area contributed by atoms with Crippen LogP contribution in [0.3, 0.4) is 0 Å². The smallest absolute Gasteiger partial charge is 0.168 e. The van der Waals surface area contributed by atoms with Crippen LogP contribution in [0.25, 0.3) is 0 Å². The zero-order valence-corrected chi connectivity index (χ0v) is 8.40. The Morgan fingerprint density at radius 1 is 1.36 bits per heavy atom. The van der Waals surface area contributed by atoms with E-state index >= 15 is 0 Å². The van der Waals surface area contributed by atoms with Gasteiger partial charge in [0.25, 0.3) is 0 Å². The Bertz CT molecular complexity index is 328. The molecule has 1 rings (SSSR count). The standard InChI is InChI=1S/C10H13F2NO/c1-6(13-2)8-4-7(11)5-9(12)10(8)14-3/h4-6,13H,1-3H3. The van der Waals surface area contributed by atoms with Gasteiger partial charge in [-0.1, -0.05) is 0 Å². The molecular formula is C10H13F2NO. The molecule has 14 heavy (non-hydrogen) atoms. The van der Waals surface area contributed by atoms with E-state index in [0.29, 0.717) is 5.56 Å². The fourth-order valence-corrected chi connectivity index (χ4v) is 1.27. The van der Waals surface area contributed by atoms with E-state index in [-0.39, 0.29) is 11.8 Å². The Balaban J connectivity index is 3.24. The zero-order chi connectivity index (χ0) is 10.7. The molecule has 0 saturated carbocycles. The molecule has 2 nitrogen and oxygen atoms in total. The summed E-state index contributed by atoms with van der Waals surface area (Å²) in [4.78, 5) is 0. The first-order valence-electron chi connectivity index (χ1n) is 4.30. The molecule has 0 saturated heterocycles. The van der Waals surface area contributed by atoms with E-state index in [0.717, 1.165) is 6.07 Å². The highest BCUT2D eigenvalue weighted by Gasteiger charge is 2.15. The van der Waals surface area contributed by atoms with E-state index < -0.39 is 11.6 Å². The zero-order valence-electron chi connectivity index (χ0n) is 8.40. The summed E-state index contributed by atoms with van der Waals surface area (Å²) in [7, 11) is 3.08. The van der Waals surface area contributed by atoms with E-state index in [4.69, 9.17) is 4.74 Å². The van der Waals surface area contributed by atoms with Gasteiger partial charge in [0, 0.05) is 17.7 Å². The highest BCUT2D eigenvalue weighted by atomic mass is 19.1. The van der Waals surface area contributed by atoms with E-state index in [1.807, 2.05) is 0 Å². The maximum absolute atomic E-state index is 13.2. The molecule has 0 aromatic heterocycles. The minimum absolute atomic E-state index is 0.0910. The predicted octanol–water partition coefficient (Wildman–Crippen LogP) is 2.25. The van der Waals surface area contributed by atoms with E-state index in [9.17, 15) is 8.78 Å². The largest absolute Gasteiger partial charge is 0.493 e. The highest BCUT2D eigenvalue weighted by molar-refractivity contribution is 5.37. The molecule has 4 heteroatoms. The summed E-state index contributed by atoms with van der Waals surface area (Å²) in [6, 6.07) is 1.92. The quantitative estimate of drug-likeness (QED) is 0.809. The molecule has 1 aromatic carbocycles. The van der Waals surface area contributed by atoms with Gasteiger partial charge in [-0.05, 0) is 20.0 Å². The molecule has 0 fully saturated rings. The lowest BCUT2D eigenvalue weighted by atomic mass is 10.1. The molecule has 1 unspecified atom stereocenters. The van der Waals surface area contributed by atoms with Crippen molar-refractivity contribution in [3.63, 3.8) is 0 Å². The highest BCUT2D eigenvalue weighted by Crippen LogP contribution is 2.28. The Hall–Kier alpha value is -1.16. The lowest BCUT2D eigenvalue weighted by Crippen LogP contribution is -2.14. The molecule has 0 bridgehead atoms. The molecular weight excluding hydrogens is 188 g/mol. The Morgan fingerprint density at radius 3 is 2.50 bits per heavy atom. The topological polar surface area (TPSA) is 21.3 Å². The van der Waals surface area contributed by atoms with Crippen LogP contribution >= 0.6 is 0 Å². The van der Waals surface area contributed by atoms with Crippen LogP contribution in [0.5, 0.6) is 5.75 Å². The molecule has 1 N–H and O–H groups in total. The molecule has 1 aromatic rings. The van der Waals surface area contributed by atoms with Crippen molar-refractivity contribution >= 4 is 0 Å². The molecule has 78 valence electrons. The SMILES string of the molecule is CNC(C)c1cc(F)cc(F)c1OC. The first-order valence-corrected chi connectivity index (χ1v) is 4.30. The van der Waals surface area contributed by atoms with Crippen molar-refractivity contribution in [1.29, 1.82) is 0 Å². The molecule has 0 aliphatic rings. The number of nitrogens with one attached hydrogen (secondary N) is 1. The van der Waals surface area contributed by atoms with Crippen molar-refractivity contribution < 1.29 is 13.5 Å². The van der Waals surface area contributed by atoms with E-state index in [1.54, 1.807) is 14.0 Å². The molecule has 0 heterocycles. The van der Waals surface area contributed by atoms with Crippen molar-refractivity contribution in [2.24, 2.45) is 0 Å². The van der Waals surface area contributed by atoms with Crippen LogP contribution in [0.4, 0.5) is 8.78 Å². The van der Waals surface area contributed by atoms with E-state index in [1.165, 1.54) is 13.2 Å². The third-order valence-electron chi connectivity index (χ3n) is 2.14. The van der Waals surface area contributed by atoms with Crippen molar-refractivity contribution in [3.8, 4) is 5.75 Å². The third kappa shape index (κ3) is 2.01. The molecule has 0 amide bonds. The second-order valence-corrected chi connectivity index (χ2v) is 3.02. The molecule has 1 atom stereocenters. The average Bonchev–Trinajstić information content (AvgIpc) is 2.15. The summed E-state index contributed by atoms with van der Waals surface area (Å²) in [5.74, 6) is -1.18. The number of ether oxygens (including phenoxy) is 1. The van der Waals surface area contributed by atoms with Gasteiger partial charge in [0.15, 0.2) is 11.6 Å². The molecule has 0 spiro atoms. The number of methoxy groups -OCH3 is 1. The number of benzene rings is 1. The van der Waals surface area contributed by atoms with Gasteiger partial charge in [-0.15, -0.1) is 0 Å². The fraction of sp³-hybridized carbons (Fsp3) is 0.400. The first kappa shape index (κ1) is 10.9.